The first-order valence-corrected chi connectivity index (χ1v) is 6.22. The van der Waals surface area contributed by atoms with Crippen LogP contribution >= 0.6 is 15.9 Å². The quantitative estimate of drug-likeness (QED) is 0.823. The molecule has 1 atom stereocenters. The molecule has 3 heteroatoms. The highest BCUT2D eigenvalue weighted by Gasteiger charge is 2.26. The lowest BCUT2D eigenvalue weighted by molar-refractivity contribution is 0.0742. The number of hydrogen-bond donors (Lipinski definition) is 1. The first kappa shape index (κ1) is 11.8. The molecule has 16 heavy (non-hydrogen) atoms. The van der Waals surface area contributed by atoms with E-state index in [1.54, 1.807) is 18.2 Å². The van der Waals surface area contributed by atoms with Gasteiger partial charge in [0, 0.05) is 10.9 Å². The van der Waals surface area contributed by atoms with Crippen LogP contribution in [0.15, 0.2) is 34.8 Å². The van der Waals surface area contributed by atoms with Gasteiger partial charge in [0.2, 0.25) is 0 Å². The minimum atomic E-state index is -0.875. The number of hydrogen-bond acceptors (Lipinski definition) is 1. The minimum Gasteiger partial charge on any atom is -0.385 e. The highest BCUT2D eigenvalue weighted by atomic mass is 79.9. The summed E-state index contributed by atoms with van der Waals surface area (Å²) in [4.78, 5) is 0. The zero-order valence-electron chi connectivity index (χ0n) is 8.92. The number of benzene rings is 1. The molecule has 0 bridgehead atoms. The summed E-state index contributed by atoms with van der Waals surface area (Å²) in [5, 5.41) is 10.3. The van der Waals surface area contributed by atoms with Crippen molar-refractivity contribution in [2.45, 2.75) is 31.3 Å². The lowest BCUT2D eigenvalue weighted by atomic mass is 9.85. The topological polar surface area (TPSA) is 20.2 Å². The number of allylic oxidation sites excluding steroid dienone is 1. The molecular weight excluding hydrogens is 271 g/mol. The van der Waals surface area contributed by atoms with E-state index in [-0.39, 0.29) is 5.82 Å². The van der Waals surface area contributed by atoms with Gasteiger partial charge >= 0.3 is 0 Å². The van der Waals surface area contributed by atoms with E-state index < -0.39 is 5.60 Å². The Morgan fingerprint density at radius 2 is 2.25 bits per heavy atom. The molecule has 1 aliphatic carbocycles. The second kappa shape index (κ2) is 4.68. The van der Waals surface area contributed by atoms with Gasteiger partial charge in [-0.25, -0.2) is 4.39 Å². The van der Waals surface area contributed by atoms with Gasteiger partial charge in [-0.05, 0) is 43.0 Å². The molecule has 0 fully saturated rings. The van der Waals surface area contributed by atoms with Crippen molar-refractivity contribution in [1.82, 2.24) is 0 Å². The van der Waals surface area contributed by atoms with Crippen molar-refractivity contribution < 1.29 is 9.50 Å². The Bertz CT molecular complexity index is 416. The lowest BCUT2D eigenvalue weighted by Gasteiger charge is -2.27. The fourth-order valence-electron chi connectivity index (χ4n) is 2.07. The van der Waals surface area contributed by atoms with Crippen LogP contribution in [0.2, 0.25) is 0 Å². The predicted octanol–water partition coefficient (Wildman–Crippen LogP) is 3.60. The van der Waals surface area contributed by atoms with Crippen LogP contribution in [0.4, 0.5) is 4.39 Å². The first-order chi connectivity index (χ1) is 7.59. The van der Waals surface area contributed by atoms with Crippen LogP contribution in [0, 0.1) is 5.82 Å². The van der Waals surface area contributed by atoms with Crippen LogP contribution in [-0.4, -0.2) is 10.7 Å². The molecule has 1 aliphatic rings. The van der Waals surface area contributed by atoms with Gasteiger partial charge in [-0.15, -0.1) is 0 Å². The summed E-state index contributed by atoms with van der Waals surface area (Å²) >= 11 is 3.31. The Balaban J connectivity index is 2.22. The minimum absolute atomic E-state index is 0.254. The van der Waals surface area contributed by atoms with E-state index in [2.05, 4.69) is 15.9 Å². The summed E-state index contributed by atoms with van der Waals surface area (Å²) in [6.45, 7) is 0. The Hall–Kier alpha value is -0.670. The summed E-state index contributed by atoms with van der Waals surface area (Å²) < 4.78 is 14.4. The zero-order valence-corrected chi connectivity index (χ0v) is 10.5. The van der Waals surface area contributed by atoms with E-state index in [4.69, 9.17) is 0 Å². The van der Waals surface area contributed by atoms with Crippen molar-refractivity contribution in [3.63, 3.8) is 0 Å². The summed E-state index contributed by atoms with van der Waals surface area (Å²) in [6.07, 6.45) is 6.78. The second-order valence-corrected chi connectivity index (χ2v) is 5.23. The lowest BCUT2D eigenvalue weighted by Crippen LogP contribution is -2.30. The third-order valence-electron chi connectivity index (χ3n) is 2.91. The molecule has 0 aliphatic heterocycles. The van der Waals surface area contributed by atoms with Crippen LogP contribution in [0.3, 0.4) is 0 Å². The summed E-state index contributed by atoms with van der Waals surface area (Å²) in [5.41, 5.74) is -0.316. The van der Waals surface area contributed by atoms with Crippen molar-refractivity contribution >= 4 is 15.9 Å². The predicted molar refractivity (Wildman–Crippen MR) is 65.7 cm³/mol. The fourth-order valence-corrected chi connectivity index (χ4v) is 2.48. The molecule has 0 amide bonds. The molecule has 0 spiro atoms. The first-order valence-electron chi connectivity index (χ1n) is 5.43. The van der Waals surface area contributed by atoms with Crippen LogP contribution in [0.1, 0.15) is 24.8 Å². The monoisotopic (exact) mass is 284 g/mol. The molecule has 1 nitrogen and oxygen atoms in total. The Labute approximate surface area is 103 Å². The molecule has 0 saturated heterocycles. The van der Waals surface area contributed by atoms with Gasteiger partial charge in [0.15, 0.2) is 0 Å². The fraction of sp³-hybridized carbons (Fsp3) is 0.385. The Morgan fingerprint density at radius 1 is 1.44 bits per heavy atom. The molecule has 2 rings (SSSR count). The average molecular weight is 285 g/mol. The van der Waals surface area contributed by atoms with Crippen LogP contribution < -0.4 is 0 Å². The van der Waals surface area contributed by atoms with Crippen LogP contribution in [-0.2, 0) is 6.42 Å². The Kier molecular flexibility index (Phi) is 3.45. The van der Waals surface area contributed by atoms with Crippen molar-refractivity contribution in [3.05, 3.63) is 46.2 Å². The van der Waals surface area contributed by atoms with E-state index in [1.165, 1.54) is 6.07 Å². The van der Waals surface area contributed by atoms with E-state index in [0.29, 0.717) is 18.4 Å². The Morgan fingerprint density at radius 3 is 2.94 bits per heavy atom. The van der Waals surface area contributed by atoms with E-state index in [9.17, 15) is 9.50 Å². The summed E-state index contributed by atoms with van der Waals surface area (Å²) in [6, 6.07) is 4.82. The number of halogens is 2. The maximum atomic E-state index is 13.5. The van der Waals surface area contributed by atoms with Gasteiger partial charge in [0.1, 0.15) is 5.82 Å². The molecule has 1 N–H and O–H groups in total. The smallest absolute Gasteiger partial charge is 0.126 e. The third-order valence-corrected chi connectivity index (χ3v) is 3.41. The third kappa shape index (κ3) is 2.71. The van der Waals surface area contributed by atoms with E-state index >= 15 is 0 Å². The van der Waals surface area contributed by atoms with Gasteiger partial charge in [-0.3, -0.25) is 0 Å². The highest BCUT2D eigenvalue weighted by Crippen LogP contribution is 2.28. The highest BCUT2D eigenvalue weighted by molar-refractivity contribution is 9.10. The summed E-state index contributed by atoms with van der Waals surface area (Å²) in [7, 11) is 0. The van der Waals surface area contributed by atoms with E-state index in [1.807, 2.05) is 6.08 Å². The molecule has 86 valence electrons. The molecule has 0 aromatic heterocycles. The zero-order chi connectivity index (χ0) is 11.6. The van der Waals surface area contributed by atoms with Gasteiger partial charge in [-0.1, -0.05) is 28.1 Å². The van der Waals surface area contributed by atoms with Gasteiger partial charge in [0.05, 0.1) is 5.60 Å². The second-order valence-electron chi connectivity index (χ2n) is 4.31. The van der Waals surface area contributed by atoms with Crippen molar-refractivity contribution in [2.75, 3.05) is 0 Å². The molecule has 0 saturated carbocycles. The van der Waals surface area contributed by atoms with Crippen LogP contribution in [0.5, 0.6) is 0 Å². The number of rotatable bonds is 2. The molecule has 0 radical (unpaired) electrons. The molecule has 1 aromatic carbocycles. The normalized spacial score (nSPS) is 24.7. The number of aliphatic hydroxyl groups is 1. The maximum Gasteiger partial charge on any atom is 0.126 e. The van der Waals surface area contributed by atoms with Crippen molar-refractivity contribution in [1.29, 1.82) is 0 Å². The van der Waals surface area contributed by atoms with Gasteiger partial charge in [0.25, 0.3) is 0 Å². The summed E-state index contributed by atoms with van der Waals surface area (Å²) in [5.74, 6) is -0.254. The van der Waals surface area contributed by atoms with Gasteiger partial charge < -0.3 is 5.11 Å². The molecular formula is C13H14BrFO. The largest absolute Gasteiger partial charge is 0.385 e. The van der Waals surface area contributed by atoms with Crippen molar-refractivity contribution in [3.8, 4) is 0 Å². The van der Waals surface area contributed by atoms with Crippen LogP contribution in [0.25, 0.3) is 0 Å². The van der Waals surface area contributed by atoms with E-state index in [0.717, 1.165) is 17.3 Å². The molecule has 1 unspecified atom stereocenters. The average Bonchev–Trinajstić information content (AvgIpc) is 2.24. The molecule has 0 heterocycles. The SMILES string of the molecule is OC1(Cc2cc(Br)ccc2F)C=CCCC1. The maximum absolute atomic E-state index is 13.5. The van der Waals surface area contributed by atoms with Gasteiger partial charge in [-0.2, -0.15) is 0 Å². The standard InChI is InChI=1S/C13H14BrFO/c14-11-4-5-12(15)10(8-11)9-13(16)6-2-1-3-7-13/h2,4-6,8,16H,1,3,7,9H2. The van der Waals surface area contributed by atoms with Crippen molar-refractivity contribution in [2.24, 2.45) is 0 Å². The molecule has 1 aromatic rings.